The second-order valence-electron chi connectivity index (χ2n) is 8.06. The molecule has 6 nitrogen and oxygen atoms in total. The summed E-state index contributed by atoms with van der Waals surface area (Å²) in [6, 6.07) is 14.7. The summed E-state index contributed by atoms with van der Waals surface area (Å²) < 4.78 is 5.66. The van der Waals surface area contributed by atoms with Crippen LogP contribution >= 0.6 is 11.8 Å². The van der Waals surface area contributed by atoms with Crippen LogP contribution in [0, 0.1) is 12.8 Å². The van der Waals surface area contributed by atoms with Crippen LogP contribution < -0.4 is 10.1 Å². The zero-order valence-corrected chi connectivity index (χ0v) is 19.4. The van der Waals surface area contributed by atoms with Gasteiger partial charge in [0.2, 0.25) is 0 Å². The van der Waals surface area contributed by atoms with Gasteiger partial charge in [0, 0.05) is 18.7 Å². The molecule has 0 unspecified atom stereocenters. The van der Waals surface area contributed by atoms with E-state index < -0.39 is 0 Å². The lowest BCUT2D eigenvalue weighted by molar-refractivity contribution is -0.122. The van der Waals surface area contributed by atoms with E-state index in [0.717, 1.165) is 40.0 Å². The highest BCUT2D eigenvalue weighted by Crippen LogP contribution is 2.31. The van der Waals surface area contributed by atoms with Crippen molar-refractivity contribution in [2.75, 3.05) is 19.7 Å². The first kappa shape index (κ1) is 23.6. The molecule has 0 atom stereocenters. The Labute approximate surface area is 193 Å². The Bertz CT molecular complexity index is 998. The van der Waals surface area contributed by atoms with E-state index in [1.807, 2.05) is 31.2 Å². The topological polar surface area (TPSA) is 75.7 Å². The van der Waals surface area contributed by atoms with Gasteiger partial charge in [0.25, 0.3) is 17.1 Å². The van der Waals surface area contributed by atoms with Crippen LogP contribution in [-0.4, -0.2) is 41.6 Å². The number of rotatable bonds is 9. The first-order valence-electron chi connectivity index (χ1n) is 10.7. The van der Waals surface area contributed by atoms with Crippen LogP contribution in [-0.2, 0) is 4.79 Å². The number of carbonyl (C=O) groups is 3. The van der Waals surface area contributed by atoms with Gasteiger partial charge in [-0.2, -0.15) is 0 Å². The maximum Gasteiger partial charge on any atom is 0.293 e. The van der Waals surface area contributed by atoms with Gasteiger partial charge in [0.15, 0.2) is 0 Å². The van der Waals surface area contributed by atoms with Crippen LogP contribution in [0.3, 0.4) is 0 Å². The Balaban J connectivity index is 1.49. The third-order valence-electron chi connectivity index (χ3n) is 4.95. The monoisotopic (exact) mass is 452 g/mol. The largest absolute Gasteiger partial charge is 0.494 e. The number of imide groups is 1. The van der Waals surface area contributed by atoms with Crippen molar-refractivity contribution in [3.05, 3.63) is 70.1 Å². The van der Waals surface area contributed by atoms with Crippen molar-refractivity contribution in [3.8, 4) is 5.75 Å². The van der Waals surface area contributed by atoms with E-state index in [1.54, 1.807) is 30.3 Å². The van der Waals surface area contributed by atoms with E-state index >= 15 is 0 Å². The smallest absolute Gasteiger partial charge is 0.293 e. The normalized spacial score (nSPS) is 15.0. The maximum atomic E-state index is 12.6. The Hall–Kier alpha value is -3.06. The Morgan fingerprint density at radius 1 is 1.09 bits per heavy atom. The third kappa shape index (κ3) is 6.47. The number of nitrogens with zero attached hydrogens (tertiary/aromatic N) is 1. The van der Waals surface area contributed by atoms with E-state index in [-0.39, 0.29) is 30.1 Å². The van der Waals surface area contributed by atoms with Crippen molar-refractivity contribution in [1.82, 2.24) is 10.2 Å². The van der Waals surface area contributed by atoms with Crippen LogP contribution in [0.2, 0.25) is 0 Å². The number of ether oxygens (including phenoxy) is 1. The van der Waals surface area contributed by atoms with Crippen LogP contribution in [0.4, 0.5) is 4.79 Å². The molecule has 2 aromatic rings. The molecule has 0 aromatic heterocycles. The lowest BCUT2D eigenvalue weighted by Gasteiger charge is -2.13. The molecule has 3 rings (SSSR count). The summed E-state index contributed by atoms with van der Waals surface area (Å²) >= 11 is 0.918. The molecule has 2 aromatic carbocycles. The Morgan fingerprint density at radius 3 is 2.44 bits per heavy atom. The number of hydrogen-bond donors (Lipinski definition) is 1. The molecule has 0 radical (unpaired) electrons. The average Bonchev–Trinajstić information content (AvgIpc) is 3.03. The van der Waals surface area contributed by atoms with Crippen molar-refractivity contribution in [2.24, 2.45) is 5.92 Å². The number of amides is 3. The van der Waals surface area contributed by atoms with E-state index in [0.29, 0.717) is 23.0 Å². The second-order valence-corrected chi connectivity index (χ2v) is 9.05. The molecule has 1 fully saturated rings. The molecule has 7 heteroatoms. The molecule has 3 amide bonds. The predicted molar refractivity (Wildman–Crippen MR) is 128 cm³/mol. The van der Waals surface area contributed by atoms with Gasteiger partial charge in [-0.3, -0.25) is 19.3 Å². The average molecular weight is 453 g/mol. The number of nitrogens with one attached hydrogen (secondary N) is 1. The quantitative estimate of drug-likeness (QED) is 0.549. The molecule has 1 saturated heterocycles. The van der Waals surface area contributed by atoms with Crippen LogP contribution in [0.1, 0.15) is 41.8 Å². The van der Waals surface area contributed by atoms with Crippen molar-refractivity contribution >= 4 is 34.9 Å². The molecule has 0 spiro atoms. The van der Waals surface area contributed by atoms with E-state index in [2.05, 4.69) is 19.2 Å². The van der Waals surface area contributed by atoms with Gasteiger partial charge in [-0.1, -0.05) is 43.7 Å². The summed E-state index contributed by atoms with van der Waals surface area (Å²) in [5.41, 5.74) is 2.49. The zero-order valence-electron chi connectivity index (χ0n) is 18.6. The fourth-order valence-electron chi connectivity index (χ4n) is 3.01. The van der Waals surface area contributed by atoms with Gasteiger partial charge >= 0.3 is 0 Å². The number of hydrogen-bond acceptors (Lipinski definition) is 5. The minimum Gasteiger partial charge on any atom is -0.494 e. The number of benzene rings is 2. The van der Waals surface area contributed by atoms with E-state index in [1.165, 1.54) is 0 Å². The van der Waals surface area contributed by atoms with Gasteiger partial charge in [-0.15, -0.1) is 0 Å². The van der Waals surface area contributed by atoms with Crippen LogP contribution in [0.25, 0.3) is 6.08 Å². The molecule has 1 aliphatic heterocycles. The maximum absolute atomic E-state index is 12.6. The van der Waals surface area contributed by atoms with E-state index in [9.17, 15) is 14.4 Å². The standard InChI is InChI=1S/C25H28N2O4S/c1-17(2)12-15-31-21-10-8-20(9-11-21)23(28)26-13-14-27-24(29)22(32-25(27)30)16-19-6-4-18(3)5-7-19/h4-11,16-17H,12-15H2,1-3H3,(H,26,28). The second kappa shape index (κ2) is 11.0. The summed E-state index contributed by atoms with van der Waals surface area (Å²) in [4.78, 5) is 38.8. The highest BCUT2D eigenvalue weighted by atomic mass is 32.2. The molecule has 168 valence electrons. The minimum absolute atomic E-state index is 0.123. The van der Waals surface area contributed by atoms with Crippen LogP contribution in [0.5, 0.6) is 5.75 Å². The highest BCUT2D eigenvalue weighted by molar-refractivity contribution is 8.18. The molecular weight excluding hydrogens is 424 g/mol. The molecule has 1 aliphatic rings. The van der Waals surface area contributed by atoms with Crippen LogP contribution in [0.15, 0.2) is 53.4 Å². The van der Waals surface area contributed by atoms with Crippen molar-refractivity contribution < 1.29 is 19.1 Å². The highest BCUT2D eigenvalue weighted by Gasteiger charge is 2.34. The lowest BCUT2D eigenvalue weighted by atomic mass is 10.1. The molecule has 0 aliphatic carbocycles. The summed E-state index contributed by atoms with van der Waals surface area (Å²) in [5, 5.41) is 2.43. The minimum atomic E-state index is -0.335. The fraction of sp³-hybridized carbons (Fsp3) is 0.320. The van der Waals surface area contributed by atoms with Crippen molar-refractivity contribution in [1.29, 1.82) is 0 Å². The van der Waals surface area contributed by atoms with Gasteiger partial charge in [-0.25, -0.2) is 0 Å². The Morgan fingerprint density at radius 2 is 1.78 bits per heavy atom. The van der Waals surface area contributed by atoms with Gasteiger partial charge in [0.05, 0.1) is 11.5 Å². The van der Waals surface area contributed by atoms with Crippen molar-refractivity contribution in [2.45, 2.75) is 27.2 Å². The summed E-state index contributed by atoms with van der Waals surface area (Å²) in [6.45, 7) is 7.21. The first-order valence-corrected chi connectivity index (χ1v) is 11.5. The molecule has 1 heterocycles. The number of carbonyl (C=O) groups excluding carboxylic acids is 3. The lowest BCUT2D eigenvalue weighted by Crippen LogP contribution is -2.37. The van der Waals surface area contributed by atoms with Gasteiger partial charge in [0.1, 0.15) is 5.75 Å². The Kier molecular flexibility index (Phi) is 8.11. The molecule has 0 saturated carbocycles. The summed E-state index contributed by atoms with van der Waals surface area (Å²) in [6.07, 6.45) is 2.68. The number of thioether (sulfide) groups is 1. The summed E-state index contributed by atoms with van der Waals surface area (Å²) in [7, 11) is 0. The molecule has 0 bridgehead atoms. The SMILES string of the molecule is Cc1ccc(C=C2SC(=O)N(CCNC(=O)c3ccc(OCCC(C)C)cc3)C2=O)cc1. The fourth-order valence-corrected chi connectivity index (χ4v) is 3.87. The first-order chi connectivity index (χ1) is 15.3. The number of aryl methyl sites for hydroxylation is 1. The zero-order chi connectivity index (χ0) is 23.1. The molecule has 1 N–H and O–H groups in total. The van der Waals surface area contributed by atoms with Gasteiger partial charge < -0.3 is 10.1 Å². The van der Waals surface area contributed by atoms with Gasteiger partial charge in [-0.05, 0) is 66.9 Å². The summed E-state index contributed by atoms with van der Waals surface area (Å²) in [5.74, 6) is 0.695. The molecular formula is C25H28N2O4S. The molecule has 32 heavy (non-hydrogen) atoms. The van der Waals surface area contributed by atoms with Crippen molar-refractivity contribution in [3.63, 3.8) is 0 Å². The van der Waals surface area contributed by atoms with E-state index in [4.69, 9.17) is 4.74 Å². The third-order valence-corrected chi connectivity index (χ3v) is 5.86. The predicted octanol–water partition coefficient (Wildman–Crippen LogP) is 4.89.